The van der Waals surface area contributed by atoms with Gasteiger partial charge < -0.3 is 4.74 Å². The van der Waals surface area contributed by atoms with Gasteiger partial charge in [-0.1, -0.05) is 38.5 Å². The van der Waals surface area contributed by atoms with Crippen LogP contribution >= 0.6 is 0 Å². The van der Waals surface area contributed by atoms with E-state index in [1.165, 1.54) is 91.8 Å². The molecule has 0 saturated heterocycles. The monoisotopic (exact) mass is 302 g/mol. The summed E-state index contributed by atoms with van der Waals surface area (Å²) in [6, 6.07) is 0. The van der Waals surface area contributed by atoms with Crippen LogP contribution in [0, 0.1) is 53.3 Å². The van der Waals surface area contributed by atoms with Gasteiger partial charge in [-0.15, -0.1) is 0 Å². The molecule has 1 heteroatoms. The van der Waals surface area contributed by atoms with E-state index in [1.807, 2.05) is 7.11 Å². The lowest BCUT2D eigenvalue weighted by Crippen LogP contribution is -2.80. The minimum Gasteiger partial charge on any atom is -0.385 e. The van der Waals surface area contributed by atoms with Crippen LogP contribution in [0.5, 0.6) is 0 Å². The highest BCUT2D eigenvalue weighted by molar-refractivity contribution is 5.26. The fourth-order valence-electron chi connectivity index (χ4n) is 7.82. The minimum absolute atomic E-state index is 0.956. The summed E-state index contributed by atoms with van der Waals surface area (Å²) in [5.74, 6) is 11.1. The number of methoxy groups -OCH3 is 1. The molecule has 9 atom stereocenters. The maximum Gasteiger partial charge on any atom is 0.0462 e. The molecule has 124 valence electrons. The van der Waals surface area contributed by atoms with Gasteiger partial charge >= 0.3 is 0 Å². The fourth-order valence-corrected chi connectivity index (χ4v) is 7.82. The maximum atomic E-state index is 5.11. The third-order valence-corrected chi connectivity index (χ3v) is 8.88. The van der Waals surface area contributed by atoms with Crippen molar-refractivity contribution in [1.82, 2.24) is 0 Å². The van der Waals surface area contributed by atoms with Crippen LogP contribution < -0.4 is 0 Å². The van der Waals surface area contributed by atoms with E-state index in [4.69, 9.17) is 4.74 Å². The number of ether oxygens (including phenoxy) is 1. The fraction of sp³-hybridized carbons (Fsp3) is 1.00. The molecule has 5 fully saturated rings. The lowest BCUT2D eigenvalue weighted by Gasteiger charge is -2.85. The molecule has 0 N–H and O–H groups in total. The third-order valence-electron chi connectivity index (χ3n) is 8.88. The van der Waals surface area contributed by atoms with Gasteiger partial charge in [-0.25, -0.2) is 0 Å². The summed E-state index contributed by atoms with van der Waals surface area (Å²) >= 11 is 0. The van der Waals surface area contributed by atoms with Gasteiger partial charge in [0, 0.05) is 13.7 Å². The lowest BCUT2D eigenvalue weighted by atomic mass is 9.20. The third kappa shape index (κ3) is 1.81. The summed E-state index contributed by atoms with van der Waals surface area (Å²) in [5, 5.41) is 0. The Morgan fingerprint density at radius 3 is 2.05 bits per heavy atom. The standard InChI is InChI=1S/C21H34O/c1-22-11-7-5-3-2-4-6-8-13-12-16-17(13)21-19-15-10-9-14(15)18(19)20(16)21/h13-21H,2-12H2,1H3/t13-,14-,15+,16-,17+,18+,19-,20-,21+/m0/s1. The van der Waals surface area contributed by atoms with Crippen molar-refractivity contribution >= 4 is 0 Å². The number of hydrogen-bond donors (Lipinski definition) is 0. The molecule has 0 aromatic heterocycles. The Balaban J connectivity index is 0.979. The second-order valence-electron chi connectivity index (χ2n) is 9.35. The first-order chi connectivity index (χ1) is 10.9. The molecule has 5 saturated carbocycles. The maximum absolute atomic E-state index is 5.11. The Bertz CT molecular complexity index is 412. The Morgan fingerprint density at radius 1 is 0.682 bits per heavy atom. The molecule has 0 spiro atoms. The molecular weight excluding hydrogens is 268 g/mol. The topological polar surface area (TPSA) is 9.23 Å². The highest BCUT2D eigenvalue weighted by Gasteiger charge is 2.79. The SMILES string of the molecule is COCCCCCCCC[C@H]1C[C@@H]2[C@H]3[C@@H]4[C@H]5CC[C@H]5[C@@H]4[C@H]3[C@H]12. The van der Waals surface area contributed by atoms with E-state index < -0.39 is 0 Å². The number of unbranched alkanes of at least 4 members (excludes halogenated alkanes) is 5. The predicted molar refractivity (Wildman–Crippen MR) is 89.5 cm³/mol. The Labute approximate surface area is 136 Å². The van der Waals surface area contributed by atoms with Crippen molar-refractivity contribution in [3.05, 3.63) is 0 Å². The van der Waals surface area contributed by atoms with Crippen molar-refractivity contribution in [3.8, 4) is 0 Å². The molecule has 22 heavy (non-hydrogen) atoms. The van der Waals surface area contributed by atoms with Crippen molar-refractivity contribution in [1.29, 1.82) is 0 Å². The number of hydrogen-bond acceptors (Lipinski definition) is 1. The zero-order valence-corrected chi connectivity index (χ0v) is 14.4. The van der Waals surface area contributed by atoms with E-state index in [0.29, 0.717) is 0 Å². The number of fused-ring (bicyclic) bond motifs is 10. The molecule has 5 aliphatic rings. The minimum atomic E-state index is 0.956. The van der Waals surface area contributed by atoms with E-state index >= 15 is 0 Å². The zero-order chi connectivity index (χ0) is 14.7. The Morgan fingerprint density at radius 2 is 1.32 bits per heavy atom. The van der Waals surface area contributed by atoms with Gasteiger partial charge in [-0.05, 0) is 78.9 Å². The van der Waals surface area contributed by atoms with Crippen LogP contribution in [0.15, 0.2) is 0 Å². The summed E-state index contributed by atoms with van der Waals surface area (Å²) in [4.78, 5) is 0. The predicted octanol–water partition coefficient (Wildman–Crippen LogP) is 5.15. The summed E-state index contributed by atoms with van der Waals surface area (Å²) in [5.41, 5.74) is 0. The first kappa shape index (κ1) is 14.3. The van der Waals surface area contributed by atoms with Crippen LogP contribution in [0.4, 0.5) is 0 Å². The molecular formula is C21H34O. The lowest BCUT2D eigenvalue weighted by molar-refractivity contribution is -0.375. The van der Waals surface area contributed by atoms with Crippen molar-refractivity contribution in [2.75, 3.05) is 13.7 Å². The van der Waals surface area contributed by atoms with Crippen molar-refractivity contribution in [2.45, 2.75) is 64.2 Å². The molecule has 0 aromatic carbocycles. The zero-order valence-electron chi connectivity index (χ0n) is 14.4. The van der Waals surface area contributed by atoms with Crippen LogP contribution in [0.25, 0.3) is 0 Å². The van der Waals surface area contributed by atoms with Crippen molar-refractivity contribution < 1.29 is 4.74 Å². The van der Waals surface area contributed by atoms with Crippen molar-refractivity contribution in [2.24, 2.45) is 53.3 Å². The summed E-state index contributed by atoms with van der Waals surface area (Å²) in [6.07, 6.45) is 15.0. The Hall–Kier alpha value is -0.0400. The average molecular weight is 303 g/mol. The summed E-state index contributed by atoms with van der Waals surface area (Å²) < 4.78 is 5.11. The quantitative estimate of drug-likeness (QED) is 0.423. The first-order valence-electron chi connectivity index (χ1n) is 10.4. The molecule has 1 nitrogen and oxygen atoms in total. The van der Waals surface area contributed by atoms with Crippen LogP contribution in [0.2, 0.25) is 0 Å². The van der Waals surface area contributed by atoms with Gasteiger partial charge in [0.25, 0.3) is 0 Å². The molecule has 0 heterocycles. The second kappa shape index (κ2) is 5.50. The van der Waals surface area contributed by atoms with Gasteiger partial charge in [0.05, 0.1) is 0 Å². The smallest absolute Gasteiger partial charge is 0.0462 e. The largest absolute Gasteiger partial charge is 0.385 e. The van der Waals surface area contributed by atoms with Crippen LogP contribution in [0.1, 0.15) is 64.2 Å². The average Bonchev–Trinajstić information content (AvgIpc) is 2.48. The van der Waals surface area contributed by atoms with Crippen LogP contribution in [-0.2, 0) is 4.74 Å². The van der Waals surface area contributed by atoms with Gasteiger partial charge in [-0.2, -0.15) is 0 Å². The van der Waals surface area contributed by atoms with E-state index in [-0.39, 0.29) is 0 Å². The van der Waals surface area contributed by atoms with Gasteiger partial charge in [0.15, 0.2) is 0 Å². The Kier molecular flexibility index (Phi) is 3.58. The highest BCUT2D eigenvalue weighted by atomic mass is 16.5. The molecule has 0 aliphatic heterocycles. The van der Waals surface area contributed by atoms with E-state index in [0.717, 1.165) is 6.61 Å². The van der Waals surface area contributed by atoms with Gasteiger partial charge in [0.2, 0.25) is 0 Å². The molecule has 5 rings (SSSR count). The van der Waals surface area contributed by atoms with E-state index in [1.54, 1.807) is 25.7 Å². The van der Waals surface area contributed by atoms with Crippen LogP contribution in [0.3, 0.4) is 0 Å². The van der Waals surface area contributed by atoms with Gasteiger partial charge in [-0.3, -0.25) is 0 Å². The first-order valence-corrected chi connectivity index (χ1v) is 10.4. The molecule has 0 bridgehead atoms. The van der Waals surface area contributed by atoms with E-state index in [2.05, 4.69) is 0 Å². The number of rotatable bonds is 9. The normalized spacial score (nSPS) is 52.5. The second-order valence-corrected chi connectivity index (χ2v) is 9.35. The molecule has 0 unspecified atom stereocenters. The van der Waals surface area contributed by atoms with Crippen LogP contribution in [-0.4, -0.2) is 13.7 Å². The highest BCUT2D eigenvalue weighted by Crippen LogP contribution is 2.84. The van der Waals surface area contributed by atoms with E-state index in [9.17, 15) is 0 Å². The molecule has 0 amide bonds. The molecule has 0 aromatic rings. The van der Waals surface area contributed by atoms with Gasteiger partial charge in [0.1, 0.15) is 0 Å². The van der Waals surface area contributed by atoms with Crippen molar-refractivity contribution in [3.63, 3.8) is 0 Å². The molecule has 0 radical (unpaired) electrons. The molecule has 5 aliphatic carbocycles. The summed E-state index contributed by atoms with van der Waals surface area (Å²) in [7, 11) is 1.82. The summed E-state index contributed by atoms with van der Waals surface area (Å²) in [6.45, 7) is 0.956.